The standard InChI is InChI=1S/C13H21N3O2/c1-2-6-14-11(3-1)13-15-12(16-18-13)9-10-4-7-17-8-5-10/h10-11,14H,1-9H2. The average Bonchev–Trinajstić information content (AvgIpc) is 2.89. The average molecular weight is 251 g/mol. The second kappa shape index (κ2) is 5.80. The van der Waals surface area contributed by atoms with Crippen LogP contribution in [0.15, 0.2) is 4.52 Å². The molecule has 3 heterocycles. The van der Waals surface area contributed by atoms with E-state index in [1.165, 1.54) is 12.8 Å². The SMILES string of the molecule is C1CCC(c2nc(CC3CCOCC3)no2)NC1. The zero-order valence-corrected chi connectivity index (χ0v) is 10.7. The zero-order chi connectivity index (χ0) is 12.2. The molecule has 1 aromatic rings. The fourth-order valence-corrected chi connectivity index (χ4v) is 2.76. The third kappa shape index (κ3) is 2.90. The van der Waals surface area contributed by atoms with Crippen LogP contribution in [0.3, 0.4) is 0 Å². The summed E-state index contributed by atoms with van der Waals surface area (Å²) in [5.74, 6) is 2.30. The van der Waals surface area contributed by atoms with Gasteiger partial charge in [-0.15, -0.1) is 0 Å². The van der Waals surface area contributed by atoms with Gasteiger partial charge in [-0.25, -0.2) is 0 Å². The Balaban J connectivity index is 1.58. The molecule has 0 aliphatic carbocycles. The van der Waals surface area contributed by atoms with Crippen molar-refractivity contribution in [3.05, 3.63) is 11.7 Å². The van der Waals surface area contributed by atoms with Gasteiger partial charge in [0.1, 0.15) is 0 Å². The molecule has 18 heavy (non-hydrogen) atoms. The first-order chi connectivity index (χ1) is 8.92. The van der Waals surface area contributed by atoms with Gasteiger partial charge in [0.25, 0.3) is 0 Å². The van der Waals surface area contributed by atoms with Gasteiger partial charge in [0.15, 0.2) is 5.82 Å². The van der Waals surface area contributed by atoms with Gasteiger partial charge in [0, 0.05) is 19.6 Å². The Bertz CT molecular complexity index is 368. The van der Waals surface area contributed by atoms with E-state index in [-0.39, 0.29) is 6.04 Å². The Kier molecular flexibility index (Phi) is 3.90. The van der Waals surface area contributed by atoms with Crippen LogP contribution in [0.1, 0.15) is 49.9 Å². The molecule has 1 N–H and O–H groups in total. The van der Waals surface area contributed by atoms with E-state index in [1.807, 2.05) is 0 Å². The van der Waals surface area contributed by atoms with E-state index >= 15 is 0 Å². The summed E-state index contributed by atoms with van der Waals surface area (Å²) in [6, 6.07) is 0.273. The van der Waals surface area contributed by atoms with Crippen LogP contribution in [-0.2, 0) is 11.2 Å². The molecule has 0 bridgehead atoms. The summed E-state index contributed by atoms with van der Waals surface area (Å²) in [5, 5.41) is 7.55. The highest BCUT2D eigenvalue weighted by molar-refractivity contribution is 4.95. The van der Waals surface area contributed by atoms with Crippen molar-refractivity contribution in [2.24, 2.45) is 5.92 Å². The molecular formula is C13H21N3O2. The highest BCUT2D eigenvalue weighted by atomic mass is 16.5. The van der Waals surface area contributed by atoms with Gasteiger partial charge < -0.3 is 14.6 Å². The van der Waals surface area contributed by atoms with Crippen LogP contribution in [0.5, 0.6) is 0 Å². The fourth-order valence-electron chi connectivity index (χ4n) is 2.76. The maximum Gasteiger partial charge on any atom is 0.243 e. The van der Waals surface area contributed by atoms with Crippen molar-refractivity contribution < 1.29 is 9.26 Å². The number of aromatic nitrogens is 2. The molecule has 0 aromatic carbocycles. The Hall–Kier alpha value is -0.940. The zero-order valence-electron chi connectivity index (χ0n) is 10.7. The summed E-state index contributed by atoms with van der Waals surface area (Å²) in [6.07, 6.45) is 6.77. The summed E-state index contributed by atoms with van der Waals surface area (Å²) >= 11 is 0. The lowest BCUT2D eigenvalue weighted by molar-refractivity contribution is 0.0658. The van der Waals surface area contributed by atoms with Gasteiger partial charge in [-0.3, -0.25) is 0 Å². The van der Waals surface area contributed by atoms with E-state index in [4.69, 9.17) is 9.26 Å². The molecular weight excluding hydrogens is 230 g/mol. The highest BCUT2D eigenvalue weighted by Crippen LogP contribution is 2.23. The van der Waals surface area contributed by atoms with Gasteiger partial charge in [-0.2, -0.15) is 4.98 Å². The van der Waals surface area contributed by atoms with Crippen LogP contribution >= 0.6 is 0 Å². The minimum atomic E-state index is 0.273. The maximum absolute atomic E-state index is 5.39. The number of piperidine rings is 1. The van der Waals surface area contributed by atoms with Crippen LogP contribution in [0.4, 0.5) is 0 Å². The molecule has 3 rings (SSSR count). The molecule has 2 aliphatic rings. The Morgan fingerprint density at radius 2 is 2.06 bits per heavy atom. The summed E-state index contributed by atoms with van der Waals surface area (Å²) in [6.45, 7) is 2.81. The minimum absolute atomic E-state index is 0.273. The molecule has 0 saturated carbocycles. The van der Waals surface area contributed by atoms with Crippen LogP contribution in [0, 0.1) is 5.92 Å². The van der Waals surface area contributed by atoms with Crippen LogP contribution in [-0.4, -0.2) is 29.9 Å². The van der Waals surface area contributed by atoms with E-state index in [1.54, 1.807) is 0 Å². The van der Waals surface area contributed by atoms with Crippen molar-refractivity contribution in [3.8, 4) is 0 Å². The first kappa shape index (κ1) is 12.1. The lowest BCUT2D eigenvalue weighted by atomic mass is 9.96. The lowest BCUT2D eigenvalue weighted by Gasteiger charge is -2.20. The van der Waals surface area contributed by atoms with Crippen LogP contribution in [0.25, 0.3) is 0 Å². The second-order valence-electron chi connectivity index (χ2n) is 5.31. The molecule has 0 amide bonds. The predicted octanol–water partition coefficient (Wildman–Crippen LogP) is 1.85. The topological polar surface area (TPSA) is 60.2 Å². The monoisotopic (exact) mass is 251 g/mol. The van der Waals surface area contributed by atoms with E-state index in [0.717, 1.165) is 57.2 Å². The molecule has 100 valence electrons. The van der Waals surface area contributed by atoms with E-state index in [2.05, 4.69) is 15.5 Å². The fraction of sp³-hybridized carbons (Fsp3) is 0.846. The van der Waals surface area contributed by atoms with Crippen molar-refractivity contribution in [3.63, 3.8) is 0 Å². The van der Waals surface area contributed by atoms with Gasteiger partial charge in [0.2, 0.25) is 5.89 Å². The molecule has 2 aliphatic heterocycles. The molecule has 1 unspecified atom stereocenters. The van der Waals surface area contributed by atoms with Gasteiger partial charge >= 0.3 is 0 Å². The molecule has 1 aromatic heterocycles. The van der Waals surface area contributed by atoms with Gasteiger partial charge in [-0.05, 0) is 38.1 Å². The Labute approximate surface area is 107 Å². The number of nitrogens with one attached hydrogen (secondary N) is 1. The quantitative estimate of drug-likeness (QED) is 0.888. The van der Waals surface area contributed by atoms with E-state index < -0.39 is 0 Å². The summed E-state index contributed by atoms with van der Waals surface area (Å²) in [7, 11) is 0. The minimum Gasteiger partial charge on any atom is -0.381 e. The summed E-state index contributed by atoms with van der Waals surface area (Å²) in [4.78, 5) is 4.55. The smallest absolute Gasteiger partial charge is 0.243 e. The summed E-state index contributed by atoms with van der Waals surface area (Å²) in [5.41, 5.74) is 0. The van der Waals surface area contributed by atoms with Crippen LogP contribution < -0.4 is 5.32 Å². The number of hydrogen-bond donors (Lipinski definition) is 1. The molecule has 1 atom stereocenters. The number of ether oxygens (including phenoxy) is 1. The molecule has 0 spiro atoms. The first-order valence-electron chi connectivity index (χ1n) is 7.05. The van der Waals surface area contributed by atoms with Gasteiger partial charge in [0.05, 0.1) is 6.04 Å². The first-order valence-corrected chi connectivity index (χ1v) is 7.05. The molecule has 5 heteroatoms. The third-order valence-corrected chi connectivity index (χ3v) is 3.90. The number of nitrogens with zero attached hydrogens (tertiary/aromatic N) is 2. The van der Waals surface area contributed by atoms with Gasteiger partial charge in [-0.1, -0.05) is 11.6 Å². The van der Waals surface area contributed by atoms with Crippen molar-refractivity contribution in [2.75, 3.05) is 19.8 Å². The lowest BCUT2D eigenvalue weighted by Crippen LogP contribution is -2.27. The molecule has 2 saturated heterocycles. The van der Waals surface area contributed by atoms with E-state index in [0.29, 0.717) is 5.92 Å². The molecule has 0 radical (unpaired) electrons. The normalized spacial score (nSPS) is 26.3. The predicted molar refractivity (Wildman–Crippen MR) is 66.1 cm³/mol. The second-order valence-corrected chi connectivity index (χ2v) is 5.31. The summed E-state index contributed by atoms with van der Waals surface area (Å²) < 4.78 is 10.8. The maximum atomic E-state index is 5.39. The van der Waals surface area contributed by atoms with Crippen molar-refractivity contribution >= 4 is 0 Å². The Morgan fingerprint density at radius 1 is 1.17 bits per heavy atom. The van der Waals surface area contributed by atoms with E-state index in [9.17, 15) is 0 Å². The Morgan fingerprint density at radius 3 is 2.83 bits per heavy atom. The van der Waals surface area contributed by atoms with Crippen molar-refractivity contribution in [2.45, 2.75) is 44.6 Å². The van der Waals surface area contributed by atoms with Crippen molar-refractivity contribution in [1.82, 2.24) is 15.5 Å². The number of hydrogen-bond acceptors (Lipinski definition) is 5. The largest absolute Gasteiger partial charge is 0.381 e. The third-order valence-electron chi connectivity index (χ3n) is 3.90. The van der Waals surface area contributed by atoms with Crippen molar-refractivity contribution in [1.29, 1.82) is 0 Å². The number of rotatable bonds is 3. The molecule has 5 nitrogen and oxygen atoms in total. The van der Waals surface area contributed by atoms with Crippen LogP contribution in [0.2, 0.25) is 0 Å². The highest BCUT2D eigenvalue weighted by Gasteiger charge is 2.22. The molecule has 2 fully saturated rings.